The van der Waals surface area contributed by atoms with Gasteiger partial charge in [-0.05, 0) is 0 Å². The Hall–Kier alpha value is -1.76. The van der Waals surface area contributed by atoms with Crippen LogP contribution in [-0.4, -0.2) is 55.2 Å². The fraction of sp³-hybridized carbons (Fsp3) is 0.467. The molecule has 0 aromatic rings. The summed E-state index contributed by atoms with van der Waals surface area (Å²) in [5, 5.41) is 9.53. The lowest BCUT2D eigenvalue weighted by Crippen LogP contribution is -2.48. The normalized spacial score (nSPS) is 10.0. The van der Waals surface area contributed by atoms with Gasteiger partial charge in [0.25, 0.3) is 0 Å². The summed E-state index contributed by atoms with van der Waals surface area (Å²) in [4.78, 5) is 24.2. The fourth-order valence-electron chi connectivity index (χ4n) is 1.23. The van der Waals surface area contributed by atoms with E-state index in [0.717, 1.165) is 0 Å². The number of terminal acetylenes is 3. The van der Waals surface area contributed by atoms with E-state index >= 15 is 0 Å². The summed E-state index contributed by atoms with van der Waals surface area (Å²) in [7, 11) is 2.65. The molecule has 0 fully saturated rings. The van der Waals surface area contributed by atoms with Crippen molar-refractivity contribution in [2.75, 3.05) is 38.1 Å². The van der Waals surface area contributed by atoms with Gasteiger partial charge in [-0.15, -0.1) is 19.3 Å². The third-order valence-corrected chi connectivity index (χ3v) is 4.19. The van der Waals surface area contributed by atoms with Crippen molar-refractivity contribution >= 4 is 33.5 Å². The zero-order valence-electron chi connectivity index (χ0n) is 12.3. The summed E-state index contributed by atoms with van der Waals surface area (Å²) in [5.41, 5.74) is -2.04. The highest BCUT2D eigenvalue weighted by Crippen LogP contribution is 2.25. The van der Waals surface area contributed by atoms with Crippen LogP contribution in [0.25, 0.3) is 0 Å². The molecule has 1 N–H and O–H groups in total. The second kappa shape index (κ2) is 12.8. The van der Waals surface area contributed by atoms with Crippen molar-refractivity contribution in [2.45, 2.75) is 0 Å². The van der Waals surface area contributed by atoms with Crippen molar-refractivity contribution in [3.8, 4) is 37.0 Å². The Morgan fingerprint density at radius 3 is 2.00 bits per heavy atom. The van der Waals surface area contributed by atoms with Gasteiger partial charge in [-0.3, -0.25) is 9.59 Å². The van der Waals surface area contributed by atoms with Crippen molar-refractivity contribution in [1.29, 1.82) is 0 Å². The Morgan fingerprint density at radius 1 is 1.00 bits per heavy atom. The quantitative estimate of drug-likeness (QED) is 0.141. The van der Waals surface area contributed by atoms with Gasteiger partial charge in [-0.1, -0.05) is 39.3 Å². The molecule has 0 aliphatic heterocycles. The first-order chi connectivity index (χ1) is 11.1. The molecule has 0 atom stereocenters. The zero-order chi connectivity index (χ0) is 17.6. The van der Waals surface area contributed by atoms with E-state index in [2.05, 4.69) is 17.8 Å². The second-order valence-electron chi connectivity index (χ2n) is 3.85. The van der Waals surface area contributed by atoms with Crippen LogP contribution < -0.4 is 0 Å². The SMILES string of the molecule is C#CCOC(=O)C(CO)(COCSSCC#C)C(=O)OCC#C. The van der Waals surface area contributed by atoms with Crippen molar-refractivity contribution in [3.63, 3.8) is 0 Å². The molecule has 0 bridgehead atoms. The molecule has 6 nitrogen and oxygen atoms in total. The lowest BCUT2D eigenvalue weighted by molar-refractivity contribution is -0.178. The van der Waals surface area contributed by atoms with Gasteiger partial charge in [0, 0.05) is 0 Å². The number of ether oxygens (including phenoxy) is 3. The number of carbonyl (C=O) groups is 2. The second-order valence-corrected chi connectivity index (χ2v) is 6.26. The van der Waals surface area contributed by atoms with Gasteiger partial charge in [0.05, 0.1) is 19.0 Å². The maximum Gasteiger partial charge on any atom is 0.329 e. The van der Waals surface area contributed by atoms with E-state index in [9.17, 15) is 14.7 Å². The van der Waals surface area contributed by atoms with E-state index in [-0.39, 0.29) is 19.2 Å². The third kappa shape index (κ3) is 7.36. The first-order valence-electron chi connectivity index (χ1n) is 6.17. The maximum absolute atomic E-state index is 12.1. The fourth-order valence-corrected chi connectivity index (χ4v) is 2.46. The molecule has 0 spiro atoms. The van der Waals surface area contributed by atoms with E-state index in [4.69, 9.17) is 33.5 Å². The Bertz CT molecular complexity index is 482. The van der Waals surface area contributed by atoms with Crippen molar-refractivity contribution < 1.29 is 28.9 Å². The van der Waals surface area contributed by atoms with Crippen molar-refractivity contribution in [2.24, 2.45) is 5.41 Å². The number of esters is 2. The summed E-state index contributed by atoms with van der Waals surface area (Å²) in [6, 6.07) is 0. The average molecular weight is 356 g/mol. The van der Waals surface area contributed by atoms with Gasteiger partial charge in [-0.25, -0.2) is 0 Å². The van der Waals surface area contributed by atoms with E-state index < -0.39 is 30.6 Å². The minimum atomic E-state index is -2.04. The monoisotopic (exact) mass is 356 g/mol. The summed E-state index contributed by atoms with van der Waals surface area (Å²) >= 11 is 0. The first-order valence-corrected chi connectivity index (χ1v) is 8.65. The van der Waals surface area contributed by atoms with Crippen LogP contribution in [0.2, 0.25) is 0 Å². The summed E-state index contributed by atoms with van der Waals surface area (Å²) in [6.07, 6.45) is 15.1. The van der Waals surface area contributed by atoms with Gasteiger partial charge in [0.2, 0.25) is 5.41 Å². The van der Waals surface area contributed by atoms with Gasteiger partial charge in [-0.2, -0.15) is 0 Å². The van der Waals surface area contributed by atoms with Crippen LogP contribution in [0.5, 0.6) is 0 Å². The molecular formula is C15H16O6S2. The van der Waals surface area contributed by atoms with Crippen LogP contribution in [0.1, 0.15) is 0 Å². The molecule has 124 valence electrons. The molecule has 0 aromatic carbocycles. The highest BCUT2D eigenvalue weighted by atomic mass is 33.1. The largest absolute Gasteiger partial charge is 0.452 e. The number of rotatable bonds is 11. The highest BCUT2D eigenvalue weighted by molar-refractivity contribution is 8.76. The summed E-state index contributed by atoms with van der Waals surface area (Å²) in [6.45, 7) is -2.02. The number of hydrogen-bond acceptors (Lipinski definition) is 8. The molecule has 23 heavy (non-hydrogen) atoms. The Kier molecular flexibility index (Phi) is 11.8. The minimum absolute atomic E-state index is 0.138. The highest BCUT2D eigenvalue weighted by Gasteiger charge is 2.49. The molecule has 0 heterocycles. The minimum Gasteiger partial charge on any atom is -0.452 e. The van der Waals surface area contributed by atoms with Gasteiger partial charge >= 0.3 is 11.9 Å². The third-order valence-electron chi connectivity index (χ3n) is 2.33. The predicted octanol–water partition coefficient (Wildman–Crippen LogP) is 0.307. The molecule has 0 aromatic heterocycles. The van der Waals surface area contributed by atoms with E-state index in [0.29, 0.717) is 5.75 Å². The van der Waals surface area contributed by atoms with E-state index in [1.807, 2.05) is 0 Å². The van der Waals surface area contributed by atoms with Crippen LogP contribution in [0.3, 0.4) is 0 Å². The lowest BCUT2D eigenvalue weighted by atomic mass is 9.90. The Balaban J connectivity index is 4.86. The molecule has 0 unspecified atom stereocenters. The molecule has 0 rings (SSSR count). The van der Waals surface area contributed by atoms with Crippen LogP contribution in [-0.2, 0) is 23.8 Å². The van der Waals surface area contributed by atoms with Crippen molar-refractivity contribution in [3.05, 3.63) is 0 Å². The average Bonchev–Trinajstić information content (AvgIpc) is 2.57. The number of carbonyl (C=O) groups excluding carboxylic acids is 2. The molecule has 8 heteroatoms. The summed E-state index contributed by atoms with van der Waals surface area (Å²) in [5.74, 6) is 5.15. The van der Waals surface area contributed by atoms with Gasteiger partial charge in [0.15, 0.2) is 13.2 Å². The van der Waals surface area contributed by atoms with Crippen LogP contribution in [0.15, 0.2) is 0 Å². The molecule has 0 radical (unpaired) electrons. The smallest absolute Gasteiger partial charge is 0.329 e. The van der Waals surface area contributed by atoms with E-state index in [1.165, 1.54) is 21.6 Å². The van der Waals surface area contributed by atoms with Gasteiger partial charge in [0.1, 0.15) is 5.94 Å². The molecule has 0 amide bonds. The molecular weight excluding hydrogens is 340 g/mol. The Morgan fingerprint density at radius 2 is 1.57 bits per heavy atom. The number of aliphatic hydroxyl groups is 1. The number of aliphatic hydroxyl groups excluding tert-OH is 1. The van der Waals surface area contributed by atoms with Gasteiger partial charge < -0.3 is 19.3 Å². The Labute approximate surface area is 143 Å². The topological polar surface area (TPSA) is 82.1 Å². The molecule has 0 aliphatic carbocycles. The van der Waals surface area contributed by atoms with Crippen LogP contribution in [0.4, 0.5) is 0 Å². The predicted molar refractivity (Wildman–Crippen MR) is 88.8 cm³/mol. The first kappa shape index (κ1) is 21.2. The van der Waals surface area contributed by atoms with Crippen molar-refractivity contribution in [1.82, 2.24) is 0 Å². The van der Waals surface area contributed by atoms with E-state index in [1.54, 1.807) is 0 Å². The number of hydrogen-bond donors (Lipinski definition) is 1. The van der Waals surface area contributed by atoms with Crippen LogP contribution >= 0.6 is 21.6 Å². The zero-order valence-corrected chi connectivity index (χ0v) is 13.9. The molecule has 0 saturated heterocycles. The lowest BCUT2D eigenvalue weighted by Gasteiger charge is -2.26. The molecule has 0 aliphatic rings. The standard InChI is InChI=1S/C15H16O6S2/c1-4-7-20-13(17)15(10-16,14(18)21-8-5-2)11-19-12-23-22-9-6-3/h1-3,16H,7-12H2. The maximum atomic E-state index is 12.1. The van der Waals surface area contributed by atoms with Crippen LogP contribution in [0, 0.1) is 42.4 Å². The molecule has 0 saturated carbocycles. The summed E-state index contributed by atoms with van der Waals surface area (Å²) < 4.78 is 14.7.